The smallest absolute Gasteiger partial charge is 0.267 e. The molecule has 5 nitrogen and oxygen atoms in total. The molecule has 2 N–H and O–H groups in total. The molecular formula is C23H25ClN4O. The Balaban J connectivity index is 1.51. The number of aryl methyl sites for hydroxylation is 1. The highest BCUT2D eigenvalue weighted by Gasteiger charge is 2.19. The summed E-state index contributed by atoms with van der Waals surface area (Å²) in [6.45, 7) is 4.80. The van der Waals surface area contributed by atoms with Gasteiger partial charge < -0.3 is 10.6 Å². The molecular weight excluding hydrogens is 384 g/mol. The second-order valence-corrected chi connectivity index (χ2v) is 7.72. The Morgan fingerprint density at radius 1 is 1.24 bits per heavy atom. The van der Waals surface area contributed by atoms with Gasteiger partial charge in [-0.1, -0.05) is 48.0 Å². The van der Waals surface area contributed by atoms with E-state index in [-0.39, 0.29) is 11.6 Å². The summed E-state index contributed by atoms with van der Waals surface area (Å²) in [5.41, 5.74) is 2.87. The minimum Gasteiger partial charge on any atom is -0.387 e. The van der Waals surface area contributed by atoms with E-state index < -0.39 is 5.91 Å². The molecule has 0 bridgehead atoms. The monoisotopic (exact) mass is 408 g/mol. The Labute approximate surface area is 177 Å². The molecule has 29 heavy (non-hydrogen) atoms. The lowest BCUT2D eigenvalue weighted by molar-refractivity contribution is -0.112. The van der Waals surface area contributed by atoms with Gasteiger partial charge in [0.2, 0.25) is 0 Å². The lowest BCUT2D eigenvalue weighted by atomic mass is 10.0. The Hall–Kier alpha value is -2.81. The first-order valence-corrected chi connectivity index (χ1v) is 10.1. The topological polar surface area (TPSA) is 68.2 Å². The Morgan fingerprint density at radius 3 is 2.66 bits per heavy atom. The van der Waals surface area contributed by atoms with E-state index >= 15 is 0 Å². The first-order chi connectivity index (χ1) is 14.0. The number of carbonyl (C=O) groups excluding carboxylic acids is 1. The predicted octanol–water partition coefficient (Wildman–Crippen LogP) is 4.25. The van der Waals surface area contributed by atoms with Crippen molar-refractivity contribution in [3.8, 4) is 6.07 Å². The molecule has 3 rings (SSSR count). The third kappa shape index (κ3) is 6.08. The van der Waals surface area contributed by atoms with E-state index in [1.54, 1.807) is 12.1 Å². The third-order valence-corrected chi connectivity index (χ3v) is 5.35. The van der Waals surface area contributed by atoms with Gasteiger partial charge >= 0.3 is 0 Å². The van der Waals surface area contributed by atoms with Crippen LogP contribution in [0, 0.1) is 18.3 Å². The van der Waals surface area contributed by atoms with E-state index in [0.29, 0.717) is 10.7 Å². The van der Waals surface area contributed by atoms with Gasteiger partial charge in [-0.25, -0.2) is 0 Å². The van der Waals surface area contributed by atoms with Crippen LogP contribution in [-0.4, -0.2) is 29.9 Å². The first kappa shape index (κ1) is 20.9. The molecule has 2 aromatic carbocycles. The molecule has 1 saturated heterocycles. The molecule has 0 saturated carbocycles. The maximum atomic E-state index is 12.4. The van der Waals surface area contributed by atoms with Crippen molar-refractivity contribution in [3.63, 3.8) is 0 Å². The maximum Gasteiger partial charge on any atom is 0.267 e. The van der Waals surface area contributed by atoms with E-state index in [1.165, 1.54) is 11.8 Å². The zero-order valence-electron chi connectivity index (χ0n) is 16.5. The van der Waals surface area contributed by atoms with Crippen LogP contribution in [0.25, 0.3) is 0 Å². The van der Waals surface area contributed by atoms with Gasteiger partial charge in [0.05, 0.1) is 0 Å². The third-order valence-electron chi connectivity index (χ3n) is 5.11. The van der Waals surface area contributed by atoms with Crippen molar-refractivity contribution in [1.82, 2.24) is 10.2 Å². The number of rotatable bonds is 6. The molecule has 1 aliphatic rings. The second kappa shape index (κ2) is 10.1. The molecule has 6 heteroatoms. The number of nitrogens with zero attached hydrogens (tertiary/aromatic N) is 2. The van der Waals surface area contributed by atoms with Crippen LogP contribution < -0.4 is 10.6 Å². The van der Waals surface area contributed by atoms with Gasteiger partial charge in [0.25, 0.3) is 5.91 Å². The predicted molar refractivity (Wildman–Crippen MR) is 116 cm³/mol. The molecule has 2 aromatic rings. The fourth-order valence-electron chi connectivity index (χ4n) is 3.37. The summed E-state index contributed by atoms with van der Waals surface area (Å²) in [5, 5.41) is 15.9. The highest BCUT2D eigenvalue weighted by Crippen LogP contribution is 2.21. The van der Waals surface area contributed by atoms with E-state index in [4.69, 9.17) is 11.6 Å². The number of nitriles is 1. The van der Waals surface area contributed by atoms with Crippen LogP contribution in [0.15, 0.2) is 60.3 Å². The zero-order valence-corrected chi connectivity index (χ0v) is 17.2. The summed E-state index contributed by atoms with van der Waals surface area (Å²) < 4.78 is 0. The van der Waals surface area contributed by atoms with Crippen molar-refractivity contribution in [2.75, 3.05) is 18.4 Å². The lowest BCUT2D eigenvalue weighted by Gasteiger charge is -2.32. The normalized spacial score (nSPS) is 15.6. The minimum atomic E-state index is -0.438. The quantitative estimate of drug-likeness (QED) is 0.553. The summed E-state index contributed by atoms with van der Waals surface area (Å²) >= 11 is 5.99. The molecule has 150 valence electrons. The number of hydrogen-bond donors (Lipinski definition) is 2. The first-order valence-electron chi connectivity index (χ1n) is 9.75. The molecule has 0 aliphatic carbocycles. The van der Waals surface area contributed by atoms with Crippen LogP contribution in [0.4, 0.5) is 5.69 Å². The molecule has 1 aliphatic heterocycles. The van der Waals surface area contributed by atoms with Crippen molar-refractivity contribution in [1.29, 1.82) is 5.26 Å². The number of anilines is 1. The fraction of sp³-hybridized carbons (Fsp3) is 0.304. The van der Waals surface area contributed by atoms with Gasteiger partial charge in [0.1, 0.15) is 11.6 Å². The van der Waals surface area contributed by atoms with Gasteiger partial charge in [-0.2, -0.15) is 5.26 Å². The summed E-state index contributed by atoms with van der Waals surface area (Å²) in [4.78, 5) is 14.9. The average Bonchev–Trinajstić information content (AvgIpc) is 2.73. The average molecular weight is 409 g/mol. The van der Waals surface area contributed by atoms with Crippen molar-refractivity contribution in [2.24, 2.45) is 0 Å². The standard InChI is InChI=1S/C23H25ClN4O/c1-17-7-8-20(24)13-22(17)27-23(29)19(14-25)15-26-21-9-11-28(12-10-21)16-18-5-3-2-4-6-18/h2-8,13,15,21,26H,9-12,16H2,1H3,(H,27,29)/b19-15-. The molecule has 1 heterocycles. The van der Waals surface area contributed by atoms with Crippen molar-refractivity contribution >= 4 is 23.2 Å². The van der Waals surface area contributed by atoms with Crippen LogP contribution in [0.5, 0.6) is 0 Å². The maximum absolute atomic E-state index is 12.4. The Morgan fingerprint density at radius 2 is 1.97 bits per heavy atom. The number of benzene rings is 2. The van der Waals surface area contributed by atoms with E-state index in [0.717, 1.165) is 38.0 Å². The number of halogens is 1. The molecule has 1 fully saturated rings. The van der Waals surface area contributed by atoms with Gasteiger partial charge in [-0.3, -0.25) is 9.69 Å². The SMILES string of the molecule is Cc1ccc(Cl)cc1NC(=O)/C(C#N)=C\NC1CCN(Cc2ccccc2)CC1. The number of carbonyl (C=O) groups is 1. The fourth-order valence-corrected chi connectivity index (χ4v) is 3.54. The van der Waals surface area contributed by atoms with Gasteiger partial charge in [0, 0.05) is 42.6 Å². The lowest BCUT2D eigenvalue weighted by Crippen LogP contribution is -2.40. The molecule has 1 amide bonds. The van der Waals surface area contributed by atoms with E-state index in [2.05, 4.69) is 39.8 Å². The highest BCUT2D eigenvalue weighted by molar-refractivity contribution is 6.31. The van der Waals surface area contributed by atoms with Crippen molar-refractivity contribution in [3.05, 3.63) is 76.5 Å². The minimum absolute atomic E-state index is 0.0519. The van der Waals surface area contributed by atoms with Crippen molar-refractivity contribution in [2.45, 2.75) is 32.4 Å². The number of hydrogen-bond acceptors (Lipinski definition) is 4. The van der Waals surface area contributed by atoms with Gasteiger partial charge in [-0.15, -0.1) is 0 Å². The molecule has 0 spiro atoms. The van der Waals surface area contributed by atoms with Crippen LogP contribution in [-0.2, 0) is 11.3 Å². The number of amides is 1. The van der Waals surface area contributed by atoms with Crippen LogP contribution >= 0.6 is 11.6 Å². The molecule has 0 unspecified atom stereocenters. The van der Waals surface area contributed by atoms with E-state index in [9.17, 15) is 10.1 Å². The molecule has 0 radical (unpaired) electrons. The van der Waals surface area contributed by atoms with Crippen LogP contribution in [0.2, 0.25) is 5.02 Å². The summed E-state index contributed by atoms with van der Waals surface area (Å²) in [5.74, 6) is -0.438. The summed E-state index contributed by atoms with van der Waals surface area (Å²) in [7, 11) is 0. The zero-order chi connectivity index (χ0) is 20.6. The van der Waals surface area contributed by atoms with E-state index in [1.807, 2.05) is 25.1 Å². The Bertz CT molecular complexity index is 912. The second-order valence-electron chi connectivity index (χ2n) is 7.29. The number of nitrogens with one attached hydrogen (secondary N) is 2. The summed E-state index contributed by atoms with van der Waals surface area (Å²) in [6.07, 6.45) is 3.47. The molecule has 0 aromatic heterocycles. The largest absolute Gasteiger partial charge is 0.387 e. The molecule has 0 atom stereocenters. The number of likely N-dealkylation sites (tertiary alicyclic amines) is 1. The van der Waals surface area contributed by atoms with Crippen molar-refractivity contribution < 1.29 is 4.79 Å². The highest BCUT2D eigenvalue weighted by atomic mass is 35.5. The van der Waals surface area contributed by atoms with Crippen LogP contribution in [0.3, 0.4) is 0 Å². The van der Waals surface area contributed by atoms with Gasteiger partial charge in [0.15, 0.2) is 0 Å². The summed E-state index contributed by atoms with van der Waals surface area (Å²) in [6, 6.07) is 18.0. The van der Waals surface area contributed by atoms with Gasteiger partial charge in [-0.05, 0) is 43.0 Å². The van der Waals surface area contributed by atoms with Crippen LogP contribution in [0.1, 0.15) is 24.0 Å². The number of piperidine rings is 1. The Kier molecular flexibility index (Phi) is 7.29.